The number of hydrogen-bond acceptors (Lipinski definition) is 3. The molecule has 1 saturated heterocycles. The average molecular weight is 255 g/mol. The fourth-order valence-electron chi connectivity index (χ4n) is 2.56. The Labute approximate surface area is 107 Å². The van der Waals surface area contributed by atoms with Crippen molar-refractivity contribution >= 4 is 11.6 Å². The quantitative estimate of drug-likeness (QED) is 0.842. The minimum Gasteiger partial charge on any atom is -0.389 e. The molecule has 0 bridgehead atoms. The van der Waals surface area contributed by atoms with Gasteiger partial charge in [-0.1, -0.05) is 17.7 Å². The van der Waals surface area contributed by atoms with Crippen molar-refractivity contribution in [2.24, 2.45) is 0 Å². The second-order valence-corrected chi connectivity index (χ2v) is 5.62. The monoisotopic (exact) mass is 254 g/mol. The molecular formula is C13H19ClN2O. The van der Waals surface area contributed by atoms with Crippen molar-refractivity contribution in [3.8, 4) is 0 Å². The van der Waals surface area contributed by atoms with Gasteiger partial charge in [0.2, 0.25) is 0 Å². The van der Waals surface area contributed by atoms with Crippen molar-refractivity contribution in [1.82, 2.24) is 9.88 Å². The largest absolute Gasteiger partial charge is 0.389 e. The smallest absolute Gasteiger partial charge is 0.129 e. The van der Waals surface area contributed by atoms with E-state index in [9.17, 15) is 5.11 Å². The third-order valence-electron chi connectivity index (χ3n) is 3.32. The first-order valence-corrected chi connectivity index (χ1v) is 6.42. The molecule has 0 spiro atoms. The summed E-state index contributed by atoms with van der Waals surface area (Å²) in [5.74, 6) is 0. The molecule has 0 radical (unpaired) electrons. The highest BCUT2D eigenvalue weighted by atomic mass is 35.5. The lowest BCUT2D eigenvalue weighted by molar-refractivity contribution is -0.00535. The van der Waals surface area contributed by atoms with Gasteiger partial charge < -0.3 is 5.11 Å². The Hall–Kier alpha value is -0.640. The molecule has 17 heavy (non-hydrogen) atoms. The van der Waals surface area contributed by atoms with Gasteiger partial charge in [0.05, 0.1) is 11.3 Å². The van der Waals surface area contributed by atoms with Gasteiger partial charge in [-0.3, -0.25) is 4.90 Å². The van der Waals surface area contributed by atoms with Gasteiger partial charge in [0.1, 0.15) is 5.15 Å². The summed E-state index contributed by atoms with van der Waals surface area (Å²) in [6, 6.07) is 5.89. The number of hydrogen-bond donors (Lipinski definition) is 1. The van der Waals surface area contributed by atoms with E-state index in [2.05, 4.69) is 9.88 Å². The van der Waals surface area contributed by atoms with Crippen molar-refractivity contribution in [3.05, 3.63) is 29.0 Å². The minimum absolute atomic E-state index is 0.211. The maximum absolute atomic E-state index is 10.1. The van der Waals surface area contributed by atoms with Gasteiger partial charge in [0.25, 0.3) is 0 Å². The summed E-state index contributed by atoms with van der Waals surface area (Å²) < 4.78 is 0. The topological polar surface area (TPSA) is 36.4 Å². The van der Waals surface area contributed by atoms with E-state index in [-0.39, 0.29) is 6.04 Å². The van der Waals surface area contributed by atoms with Gasteiger partial charge in [-0.15, -0.1) is 0 Å². The van der Waals surface area contributed by atoms with E-state index in [1.54, 1.807) is 6.07 Å². The lowest BCUT2D eigenvalue weighted by Gasteiger charge is -2.33. The third-order valence-corrected chi connectivity index (χ3v) is 3.53. The number of pyridine rings is 1. The SMILES string of the molecule is CC(C)(O)C1CCCN1Cc1cccc(Cl)n1. The zero-order valence-electron chi connectivity index (χ0n) is 10.4. The van der Waals surface area contributed by atoms with Crippen LogP contribution in [0, 0.1) is 0 Å². The third kappa shape index (κ3) is 3.18. The van der Waals surface area contributed by atoms with Crippen LogP contribution in [-0.4, -0.2) is 33.2 Å². The van der Waals surface area contributed by atoms with Gasteiger partial charge in [0, 0.05) is 12.6 Å². The first-order valence-electron chi connectivity index (χ1n) is 6.04. The van der Waals surface area contributed by atoms with E-state index in [0.717, 1.165) is 31.6 Å². The van der Waals surface area contributed by atoms with E-state index < -0.39 is 5.60 Å². The fourth-order valence-corrected chi connectivity index (χ4v) is 2.74. The van der Waals surface area contributed by atoms with Gasteiger partial charge in [-0.05, 0) is 45.4 Å². The van der Waals surface area contributed by atoms with Crippen LogP contribution in [0.25, 0.3) is 0 Å². The van der Waals surface area contributed by atoms with Crippen molar-refractivity contribution in [2.45, 2.75) is 44.9 Å². The Balaban J connectivity index is 2.08. The molecule has 1 fully saturated rings. The number of aliphatic hydroxyl groups is 1. The van der Waals surface area contributed by atoms with Gasteiger partial charge in [-0.25, -0.2) is 4.98 Å². The highest BCUT2D eigenvalue weighted by Gasteiger charge is 2.35. The summed E-state index contributed by atoms with van der Waals surface area (Å²) in [5.41, 5.74) is 0.309. The summed E-state index contributed by atoms with van der Waals surface area (Å²) in [6.07, 6.45) is 2.18. The van der Waals surface area contributed by atoms with Crippen LogP contribution in [-0.2, 0) is 6.54 Å². The molecular weight excluding hydrogens is 236 g/mol. The standard InChI is InChI=1S/C13H19ClN2O/c1-13(2,17)11-6-4-8-16(11)9-10-5-3-7-12(14)15-10/h3,5,7,11,17H,4,6,8-9H2,1-2H3. The molecule has 2 rings (SSSR count). The highest BCUT2D eigenvalue weighted by molar-refractivity contribution is 6.29. The van der Waals surface area contributed by atoms with Crippen molar-refractivity contribution in [2.75, 3.05) is 6.54 Å². The van der Waals surface area contributed by atoms with E-state index in [1.165, 1.54) is 0 Å². The molecule has 1 aromatic rings. The first-order chi connectivity index (χ1) is 7.97. The molecule has 1 N–H and O–H groups in total. The predicted octanol–water partition coefficient (Wildman–Crippen LogP) is 2.47. The van der Waals surface area contributed by atoms with Crippen LogP contribution in [0.3, 0.4) is 0 Å². The average Bonchev–Trinajstić information content (AvgIpc) is 2.65. The molecule has 1 atom stereocenters. The highest BCUT2D eigenvalue weighted by Crippen LogP contribution is 2.27. The van der Waals surface area contributed by atoms with Gasteiger partial charge in [-0.2, -0.15) is 0 Å². The second kappa shape index (κ2) is 4.92. The van der Waals surface area contributed by atoms with E-state index in [4.69, 9.17) is 11.6 Å². The second-order valence-electron chi connectivity index (χ2n) is 5.23. The van der Waals surface area contributed by atoms with Crippen LogP contribution in [0.2, 0.25) is 5.15 Å². The fraction of sp³-hybridized carbons (Fsp3) is 0.615. The van der Waals surface area contributed by atoms with Crippen molar-refractivity contribution in [1.29, 1.82) is 0 Å². The van der Waals surface area contributed by atoms with Gasteiger partial charge in [0.15, 0.2) is 0 Å². The van der Waals surface area contributed by atoms with E-state index >= 15 is 0 Å². The molecule has 0 amide bonds. The maximum Gasteiger partial charge on any atom is 0.129 e. The van der Waals surface area contributed by atoms with E-state index in [0.29, 0.717) is 5.15 Å². The molecule has 1 aromatic heterocycles. The Morgan fingerprint density at radius 2 is 2.29 bits per heavy atom. The molecule has 2 heterocycles. The number of nitrogens with zero attached hydrogens (tertiary/aromatic N) is 2. The number of aromatic nitrogens is 1. The molecule has 4 heteroatoms. The molecule has 0 saturated carbocycles. The van der Waals surface area contributed by atoms with Crippen molar-refractivity contribution < 1.29 is 5.11 Å². The number of likely N-dealkylation sites (tertiary alicyclic amines) is 1. The number of rotatable bonds is 3. The Morgan fingerprint density at radius 3 is 2.94 bits per heavy atom. The Morgan fingerprint density at radius 1 is 1.53 bits per heavy atom. The van der Waals surface area contributed by atoms with Gasteiger partial charge >= 0.3 is 0 Å². The molecule has 1 aliphatic rings. The molecule has 1 aliphatic heterocycles. The van der Waals surface area contributed by atoms with Crippen LogP contribution in [0.15, 0.2) is 18.2 Å². The van der Waals surface area contributed by atoms with Crippen LogP contribution >= 0.6 is 11.6 Å². The van der Waals surface area contributed by atoms with Crippen molar-refractivity contribution in [3.63, 3.8) is 0 Å². The number of halogens is 1. The molecule has 0 aromatic carbocycles. The Kier molecular flexibility index (Phi) is 3.71. The normalized spacial score (nSPS) is 22.0. The minimum atomic E-state index is -0.658. The van der Waals surface area contributed by atoms with Crippen LogP contribution < -0.4 is 0 Å². The maximum atomic E-state index is 10.1. The summed E-state index contributed by atoms with van der Waals surface area (Å²) in [7, 11) is 0. The lowest BCUT2D eigenvalue weighted by atomic mass is 9.96. The summed E-state index contributed by atoms with van der Waals surface area (Å²) in [4.78, 5) is 6.59. The molecule has 3 nitrogen and oxygen atoms in total. The molecule has 94 valence electrons. The molecule has 0 aliphatic carbocycles. The summed E-state index contributed by atoms with van der Waals surface area (Å²) in [5, 5.41) is 10.7. The molecule has 1 unspecified atom stereocenters. The van der Waals surface area contributed by atoms with Crippen LogP contribution in [0.5, 0.6) is 0 Å². The summed E-state index contributed by atoms with van der Waals surface area (Å²) in [6.45, 7) is 5.53. The summed E-state index contributed by atoms with van der Waals surface area (Å²) >= 11 is 5.88. The van der Waals surface area contributed by atoms with Crippen LogP contribution in [0.1, 0.15) is 32.4 Å². The van der Waals surface area contributed by atoms with Crippen LogP contribution in [0.4, 0.5) is 0 Å². The zero-order chi connectivity index (χ0) is 12.5. The van der Waals surface area contributed by atoms with E-state index in [1.807, 2.05) is 26.0 Å². The Bertz CT molecular complexity index is 389. The lowest BCUT2D eigenvalue weighted by Crippen LogP contribution is -2.45. The first kappa shape index (κ1) is 12.8. The zero-order valence-corrected chi connectivity index (χ0v) is 11.1. The predicted molar refractivity (Wildman–Crippen MR) is 69.0 cm³/mol.